The first-order valence-corrected chi connectivity index (χ1v) is 8.66. The van der Waals surface area contributed by atoms with Crippen molar-refractivity contribution in [2.75, 3.05) is 6.54 Å². The van der Waals surface area contributed by atoms with E-state index in [9.17, 15) is 4.79 Å². The first kappa shape index (κ1) is 14.5. The van der Waals surface area contributed by atoms with Gasteiger partial charge in [-0.25, -0.2) is 0 Å². The third-order valence-electron chi connectivity index (χ3n) is 4.51. The molecule has 4 rings (SSSR count). The summed E-state index contributed by atoms with van der Waals surface area (Å²) in [6.07, 6.45) is 1.98. The molecule has 3 aromatic rings. The van der Waals surface area contributed by atoms with E-state index in [4.69, 9.17) is 4.42 Å². The van der Waals surface area contributed by atoms with Gasteiger partial charge in [0.2, 0.25) is 0 Å². The van der Waals surface area contributed by atoms with Crippen LogP contribution in [0.3, 0.4) is 0 Å². The number of rotatable bonds is 2. The van der Waals surface area contributed by atoms with Gasteiger partial charge in [0.15, 0.2) is 0 Å². The van der Waals surface area contributed by atoms with E-state index in [0.29, 0.717) is 0 Å². The highest BCUT2D eigenvalue weighted by Gasteiger charge is 2.33. The molecule has 1 saturated heterocycles. The Hall–Kier alpha value is -2.08. The zero-order valence-electron chi connectivity index (χ0n) is 13.5. The highest BCUT2D eigenvalue weighted by Crippen LogP contribution is 2.36. The van der Waals surface area contributed by atoms with Gasteiger partial charge < -0.3 is 9.32 Å². The lowest BCUT2D eigenvalue weighted by atomic mass is 10.1. The summed E-state index contributed by atoms with van der Waals surface area (Å²) in [6.45, 7) is 4.70. The SMILES string of the molecule is Cc1ccc([C@H]2CCCN2C(=O)c2cc3c(C)nn(C)c3s2)o1. The largest absolute Gasteiger partial charge is 0.464 e. The molecule has 120 valence electrons. The van der Waals surface area contributed by atoms with Gasteiger partial charge in [0.25, 0.3) is 5.91 Å². The topological polar surface area (TPSA) is 51.3 Å². The minimum Gasteiger partial charge on any atom is -0.464 e. The summed E-state index contributed by atoms with van der Waals surface area (Å²) in [5.74, 6) is 1.89. The summed E-state index contributed by atoms with van der Waals surface area (Å²) in [6, 6.07) is 5.99. The molecular formula is C17H19N3O2S. The van der Waals surface area contributed by atoms with Gasteiger partial charge in [0, 0.05) is 19.0 Å². The van der Waals surface area contributed by atoms with Crippen molar-refractivity contribution in [1.82, 2.24) is 14.7 Å². The zero-order valence-corrected chi connectivity index (χ0v) is 14.3. The van der Waals surface area contributed by atoms with Crippen molar-refractivity contribution in [2.45, 2.75) is 32.7 Å². The van der Waals surface area contributed by atoms with Gasteiger partial charge in [-0.05, 0) is 44.9 Å². The molecule has 1 fully saturated rings. The van der Waals surface area contributed by atoms with Crippen LogP contribution in [-0.4, -0.2) is 27.1 Å². The van der Waals surface area contributed by atoms with E-state index in [1.807, 2.05) is 48.7 Å². The molecule has 0 N–H and O–H groups in total. The van der Waals surface area contributed by atoms with E-state index < -0.39 is 0 Å². The van der Waals surface area contributed by atoms with Crippen molar-refractivity contribution in [3.63, 3.8) is 0 Å². The molecule has 0 aliphatic carbocycles. The number of aromatic nitrogens is 2. The zero-order chi connectivity index (χ0) is 16.1. The number of carbonyl (C=O) groups excluding carboxylic acids is 1. The number of likely N-dealkylation sites (tertiary alicyclic amines) is 1. The second-order valence-corrected chi connectivity index (χ2v) is 7.17. The molecule has 1 atom stereocenters. The van der Waals surface area contributed by atoms with Crippen LogP contribution in [0.2, 0.25) is 0 Å². The van der Waals surface area contributed by atoms with Gasteiger partial charge in [-0.15, -0.1) is 11.3 Å². The van der Waals surface area contributed by atoms with Crippen LogP contribution in [0.15, 0.2) is 22.6 Å². The van der Waals surface area contributed by atoms with Crippen molar-refractivity contribution in [2.24, 2.45) is 7.05 Å². The van der Waals surface area contributed by atoms with Crippen LogP contribution in [-0.2, 0) is 7.05 Å². The number of aryl methyl sites for hydroxylation is 3. The number of carbonyl (C=O) groups is 1. The van der Waals surface area contributed by atoms with E-state index in [2.05, 4.69) is 5.10 Å². The maximum atomic E-state index is 13.0. The van der Waals surface area contributed by atoms with Crippen LogP contribution in [0.5, 0.6) is 0 Å². The number of amides is 1. The Morgan fingerprint density at radius 2 is 2.22 bits per heavy atom. The maximum Gasteiger partial charge on any atom is 0.264 e. The van der Waals surface area contributed by atoms with E-state index >= 15 is 0 Å². The van der Waals surface area contributed by atoms with Gasteiger partial charge in [0.1, 0.15) is 16.4 Å². The number of thiophene rings is 1. The molecule has 3 aromatic heterocycles. The average Bonchev–Trinajstić information content (AvgIpc) is 3.26. The molecule has 0 bridgehead atoms. The summed E-state index contributed by atoms with van der Waals surface area (Å²) < 4.78 is 7.61. The Labute approximate surface area is 138 Å². The van der Waals surface area contributed by atoms with E-state index in [0.717, 1.165) is 51.7 Å². The van der Waals surface area contributed by atoms with Crippen molar-refractivity contribution >= 4 is 27.5 Å². The summed E-state index contributed by atoms with van der Waals surface area (Å²) in [7, 11) is 1.92. The fourth-order valence-electron chi connectivity index (χ4n) is 3.39. The van der Waals surface area contributed by atoms with Crippen LogP contribution in [0.25, 0.3) is 10.2 Å². The summed E-state index contributed by atoms with van der Waals surface area (Å²) in [5.41, 5.74) is 0.970. The molecular weight excluding hydrogens is 310 g/mol. The minimum atomic E-state index is 0.0561. The smallest absolute Gasteiger partial charge is 0.264 e. The molecule has 0 saturated carbocycles. The maximum absolute atomic E-state index is 13.0. The third-order valence-corrected chi connectivity index (χ3v) is 5.70. The summed E-state index contributed by atoms with van der Waals surface area (Å²) >= 11 is 1.52. The predicted molar refractivity (Wildman–Crippen MR) is 89.8 cm³/mol. The minimum absolute atomic E-state index is 0.0561. The molecule has 0 unspecified atom stereocenters. The second kappa shape index (κ2) is 5.23. The van der Waals surface area contributed by atoms with Gasteiger partial charge >= 0.3 is 0 Å². The van der Waals surface area contributed by atoms with Crippen LogP contribution in [0.1, 0.15) is 45.8 Å². The van der Waals surface area contributed by atoms with Crippen molar-refractivity contribution < 1.29 is 9.21 Å². The van der Waals surface area contributed by atoms with Gasteiger partial charge in [0.05, 0.1) is 16.6 Å². The monoisotopic (exact) mass is 329 g/mol. The normalized spacial score (nSPS) is 18.2. The molecule has 0 spiro atoms. The Morgan fingerprint density at radius 3 is 2.91 bits per heavy atom. The number of nitrogens with zero attached hydrogens (tertiary/aromatic N) is 3. The summed E-state index contributed by atoms with van der Waals surface area (Å²) in [5, 5.41) is 5.48. The van der Waals surface area contributed by atoms with Crippen molar-refractivity contribution in [3.05, 3.63) is 40.3 Å². The highest BCUT2D eigenvalue weighted by molar-refractivity contribution is 7.20. The van der Waals surface area contributed by atoms with E-state index in [1.54, 1.807) is 0 Å². The van der Waals surface area contributed by atoms with E-state index in [1.165, 1.54) is 11.3 Å². The molecule has 6 heteroatoms. The first-order valence-electron chi connectivity index (χ1n) is 7.85. The molecule has 1 aliphatic rings. The summed E-state index contributed by atoms with van der Waals surface area (Å²) in [4.78, 5) is 16.8. The lowest BCUT2D eigenvalue weighted by Gasteiger charge is -2.22. The fourth-order valence-corrected chi connectivity index (χ4v) is 4.47. The molecule has 1 amide bonds. The molecule has 5 nitrogen and oxygen atoms in total. The second-order valence-electron chi connectivity index (χ2n) is 6.14. The molecule has 0 aromatic carbocycles. The van der Waals surface area contributed by atoms with Gasteiger partial charge in [-0.1, -0.05) is 0 Å². The third kappa shape index (κ3) is 2.28. The predicted octanol–water partition coefficient (Wildman–Crippen LogP) is 3.82. The molecule has 0 radical (unpaired) electrons. The quantitative estimate of drug-likeness (QED) is 0.718. The number of hydrogen-bond donors (Lipinski definition) is 0. The molecule has 4 heterocycles. The van der Waals surface area contributed by atoms with Crippen LogP contribution in [0.4, 0.5) is 0 Å². The van der Waals surface area contributed by atoms with Crippen LogP contribution < -0.4 is 0 Å². The van der Waals surface area contributed by atoms with Crippen molar-refractivity contribution in [3.8, 4) is 0 Å². The standard InChI is InChI=1S/C17H19N3O2S/c1-10-6-7-14(22-10)13-5-4-8-20(13)16(21)15-9-12-11(2)18-19(3)17(12)23-15/h6-7,9,13H,4-5,8H2,1-3H3/t13-/m1/s1. The Morgan fingerprint density at radius 1 is 1.39 bits per heavy atom. The Kier molecular flexibility index (Phi) is 3.30. The Balaban J connectivity index is 1.67. The lowest BCUT2D eigenvalue weighted by Crippen LogP contribution is -2.29. The van der Waals surface area contributed by atoms with Crippen molar-refractivity contribution in [1.29, 1.82) is 0 Å². The Bertz CT molecular complexity index is 855. The molecule has 1 aliphatic heterocycles. The number of fused-ring (bicyclic) bond motifs is 1. The fraction of sp³-hybridized carbons (Fsp3) is 0.412. The van der Waals surface area contributed by atoms with Gasteiger partial charge in [-0.3, -0.25) is 9.48 Å². The van der Waals surface area contributed by atoms with E-state index in [-0.39, 0.29) is 11.9 Å². The van der Waals surface area contributed by atoms with Gasteiger partial charge in [-0.2, -0.15) is 5.10 Å². The highest BCUT2D eigenvalue weighted by atomic mass is 32.1. The van der Waals surface area contributed by atoms with Crippen LogP contribution in [0, 0.1) is 13.8 Å². The van der Waals surface area contributed by atoms with Crippen LogP contribution >= 0.6 is 11.3 Å². The molecule has 23 heavy (non-hydrogen) atoms. The first-order chi connectivity index (χ1) is 11.0. The average molecular weight is 329 g/mol. The number of hydrogen-bond acceptors (Lipinski definition) is 4. The number of furan rings is 1. The lowest BCUT2D eigenvalue weighted by molar-refractivity contribution is 0.0724.